The summed E-state index contributed by atoms with van der Waals surface area (Å²) < 4.78 is 27.5. The highest BCUT2D eigenvalue weighted by Crippen LogP contribution is 2.43. The van der Waals surface area contributed by atoms with Gasteiger partial charge in [0, 0.05) is 11.1 Å². The molecule has 13 heteroatoms. The van der Waals surface area contributed by atoms with Crippen LogP contribution in [-0.4, -0.2) is 50.1 Å². The Kier molecular flexibility index (Phi) is 9.89. The van der Waals surface area contributed by atoms with Crippen LogP contribution in [0.5, 0.6) is 0 Å². The van der Waals surface area contributed by atoms with Crippen LogP contribution < -0.4 is 15.9 Å². The second kappa shape index (κ2) is 12.5. The monoisotopic (exact) mass is 565 g/mol. The third kappa shape index (κ3) is 7.51. The number of nitrogens with two attached hydrogens (primary N) is 1. The summed E-state index contributed by atoms with van der Waals surface area (Å²) in [6.45, 7) is 11.6. The van der Waals surface area contributed by atoms with E-state index in [2.05, 4.69) is 25.1 Å². The first-order valence-corrected chi connectivity index (χ1v) is 14.7. The number of aryl methyl sites for hydroxylation is 1. The van der Waals surface area contributed by atoms with Crippen molar-refractivity contribution in [3.63, 3.8) is 0 Å². The standard InChI is InChI=1S/C25H37ClN7O4P/c1-7-10-36-24(34)25(5,6)32-38(35,31-18(4)20-9-8-19(26)11-16(20)2)15-37-17(3)12-33-14-30-21-22(27)28-13-29-23(21)33/h8-9,11,13-14,17-18H,7,10,12,15H2,1-6H3,(H2,27,28,29)(H2,31,32,35). The third-order valence-corrected chi connectivity index (χ3v) is 8.40. The minimum atomic E-state index is -3.51. The molecule has 2 aromatic heterocycles. The van der Waals surface area contributed by atoms with Crippen LogP contribution in [-0.2, 0) is 25.4 Å². The number of carbonyl (C=O) groups is 1. The van der Waals surface area contributed by atoms with Gasteiger partial charge in [-0.15, -0.1) is 0 Å². The number of hydrogen-bond donors (Lipinski definition) is 3. The van der Waals surface area contributed by atoms with Crippen molar-refractivity contribution in [2.45, 2.75) is 72.2 Å². The van der Waals surface area contributed by atoms with Crippen molar-refractivity contribution in [3.8, 4) is 0 Å². The lowest BCUT2D eigenvalue weighted by atomic mass is 10.0. The van der Waals surface area contributed by atoms with E-state index in [0.29, 0.717) is 35.0 Å². The van der Waals surface area contributed by atoms with Crippen LogP contribution in [0.3, 0.4) is 0 Å². The molecular weight excluding hydrogens is 529 g/mol. The van der Waals surface area contributed by atoms with Gasteiger partial charge < -0.3 is 19.8 Å². The Bertz CT molecular complexity index is 1320. The number of nitrogens with one attached hydrogen (secondary N) is 2. The highest BCUT2D eigenvalue weighted by atomic mass is 35.5. The number of ether oxygens (including phenoxy) is 2. The van der Waals surface area contributed by atoms with Gasteiger partial charge in [-0.05, 0) is 64.3 Å². The molecule has 3 unspecified atom stereocenters. The third-order valence-electron chi connectivity index (χ3n) is 5.93. The van der Waals surface area contributed by atoms with E-state index in [1.165, 1.54) is 6.33 Å². The molecule has 2 heterocycles. The van der Waals surface area contributed by atoms with Crippen molar-refractivity contribution in [2.24, 2.45) is 0 Å². The number of aromatic nitrogens is 4. The van der Waals surface area contributed by atoms with Gasteiger partial charge in [-0.3, -0.25) is 9.36 Å². The van der Waals surface area contributed by atoms with Crippen LogP contribution >= 0.6 is 19.0 Å². The van der Waals surface area contributed by atoms with Gasteiger partial charge in [-0.2, -0.15) is 0 Å². The summed E-state index contributed by atoms with van der Waals surface area (Å²) in [7, 11) is -3.51. The van der Waals surface area contributed by atoms with Gasteiger partial charge in [0.1, 0.15) is 23.7 Å². The molecule has 1 aromatic carbocycles. The normalized spacial score (nSPS) is 15.2. The van der Waals surface area contributed by atoms with Gasteiger partial charge in [-0.1, -0.05) is 24.6 Å². The average Bonchev–Trinajstić information content (AvgIpc) is 3.24. The van der Waals surface area contributed by atoms with Gasteiger partial charge in [0.25, 0.3) is 0 Å². The molecule has 0 aliphatic carbocycles. The zero-order valence-electron chi connectivity index (χ0n) is 22.7. The number of hydrogen-bond acceptors (Lipinski definition) is 8. The van der Waals surface area contributed by atoms with E-state index in [4.69, 9.17) is 26.8 Å². The molecular formula is C25H37ClN7O4P. The number of anilines is 1. The summed E-state index contributed by atoms with van der Waals surface area (Å²) in [6.07, 6.45) is 3.13. The maximum Gasteiger partial charge on any atom is 0.326 e. The van der Waals surface area contributed by atoms with Crippen molar-refractivity contribution in [1.29, 1.82) is 0 Å². The Labute approximate surface area is 228 Å². The van der Waals surface area contributed by atoms with E-state index >= 15 is 0 Å². The summed E-state index contributed by atoms with van der Waals surface area (Å²) in [5.41, 5.74) is 7.63. The molecule has 208 valence electrons. The second-order valence-corrected chi connectivity index (χ2v) is 12.6. The fraction of sp³-hybridized carbons (Fsp3) is 0.520. The fourth-order valence-electron chi connectivity index (χ4n) is 4.08. The van der Waals surface area contributed by atoms with E-state index < -0.39 is 19.0 Å². The summed E-state index contributed by atoms with van der Waals surface area (Å²) in [5.74, 6) is -0.198. The number of imidazole rings is 1. The number of nitrogen functional groups attached to an aromatic ring is 1. The number of rotatable bonds is 13. The summed E-state index contributed by atoms with van der Waals surface area (Å²) in [6, 6.07) is 5.20. The van der Waals surface area contributed by atoms with Crippen molar-refractivity contribution < 1.29 is 18.8 Å². The molecule has 0 aliphatic heterocycles. The Morgan fingerprint density at radius 1 is 1.26 bits per heavy atom. The molecule has 11 nitrogen and oxygen atoms in total. The lowest BCUT2D eigenvalue weighted by Crippen LogP contribution is -2.49. The lowest BCUT2D eigenvalue weighted by Gasteiger charge is -2.33. The summed E-state index contributed by atoms with van der Waals surface area (Å²) in [4.78, 5) is 25.2. The zero-order chi connectivity index (χ0) is 28.1. The molecule has 0 fully saturated rings. The van der Waals surface area contributed by atoms with Gasteiger partial charge in [0.05, 0.1) is 25.6 Å². The number of fused-ring (bicyclic) bond motifs is 1. The minimum absolute atomic E-state index is 0.181. The molecule has 0 spiro atoms. The lowest BCUT2D eigenvalue weighted by molar-refractivity contribution is -0.149. The molecule has 3 rings (SSSR count). The smallest absolute Gasteiger partial charge is 0.326 e. The molecule has 0 bridgehead atoms. The molecule has 0 saturated carbocycles. The first-order valence-electron chi connectivity index (χ1n) is 12.5. The molecule has 3 aromatic rings. The van der Waals surface area contributed by atoms with Gasteiger partial charge in [0.15, 0.2) is 11.5 Å². The molecule has 3 atom stereocenters. The number of benzene rings is 1. The molecule has 0 radical (unpaired) electrons. The molecule has 0 amide bonds. The second-order valence-electron chi connectivity index (χ2n) is 9.90. The average molecular weight is 566 g/mol. The first kappa shape index (κ1) is 30.0. The molecule has 38 heavy (non-hydrogen) atoms. The van der Waals surface area contributed by atoms with E-state index in [1.54, 1.807) is 30.8 Å². The SMILES string of the molecule is CCCOC(=O)C(C)(C)NP(=O)(COC(C)Cn1cnc2c(N)ncnc21)NC(C)c1ccc(Cl)cc1C. The molecule has 0 aliphatic rings. The van der Waals surface area contributed by atoms with Gasteiger partial charge >= 0.3 is 5.97 Å². The topological polar surface area (TPSA) is 146 Å². The number of carbonyl (C=O) groups excluding carboxylic acids is 1. The van der Waals surface area contributed by atoms with Gasteiger partial charge in [-0.25, -0.2) is 25.1 Å². The van der Waals surface area contributed by atoms with E-state index in [1.807, 2.05) is 39.8 Å². The first-order chi connectivity index (χ1) is 17.8. The van der Waals surface area contributed by atoms with Gasteiger partial charge in [0.2, 0.25) is 7.44 Å². The predicted octanol–water partition coefficient (Wildman–Crippen LogP) is 4.60. The van der Waals surface area contributed by atoms with Crippen LogP contribution in [0.15, 0.2) is 30.9 Å². The highest BCUT2D eigenvalue weighted by molar-refractivity contribution is 7.59. The Balaban J connectivity index is 1.79. The maximum absolute atomic E-state index is 14.3. The number of nitrogens with zero attached hydrogens (tertiary/aromatic N) is 4. The number of esters is 1. The zero-order valence-corrected chi connectivity index (χ0v) is 24.3. The molecule has 4 N–H and O–H groups in total. The molecule has 0 saturated heterocycles. The van der Waals surface area contributed by atoms with E-state index in [0.717, 1.165) is 11.1 Å². The van der Waals surface area contributed by atoms with Crippen LogP contribution in [0.2, 0.25) is 5.02 Å². The quantitative estimate of drug-likeness (QED) is 0.198. The largest absolute Gasteiger partial charge is 0.464 e. The predicted molar refractivity (Wildman–Crippen MR) is 149 cm³/mol. The van der Waals surface area contributed by atoms with Crippen molar-refractivity contribution in [1.82, 2.24) is 29.7 Å². The van der Waals surface area contributed by atoms with Crippen LogP contribution in [0.25, 0.3) is 11.2 Å². The van der Waals surface area contributed by atoms with Crippen molar-refractivity contribution >= 4 is 42.0 Å². The Morgan fingerprint density at radius 2 is 2.00 bits per heavy atom. The van der Waals surface area contributed by atoms with Crippen LogP contribution in [0.1, 0.15) is 58.2 Å². The van der Waals surface area contributed by atoms with Crippen LogP contribution in [0, 0.1) is 6.92 Å². The van der Waals surface area contributed by atoms with Crippen LogP contribution in [0.4, 0.5) is 5.82 Å². The summed E-state index contributed by atoms with van der Waals surface area (Å²) >= 11 is 6.13. The van der Waals surface area contributed by atoms with Crippen molar-refractivity contribution in [3.05, 3.63) is 47.0 Å². The fourth-order valence-corrected chi connectivity index (χ4v) is 6.73. The Morgan fingerprint density at radius 3 is 2.68 bits per heavy atom. The van der Waals surface area contributed by atoms with E-state index in [9.17, 15) is 9.36 Å². The van der Waals surface area contributed by atoms with Crippen molar-refractivity contribution in [2.75, 3.05) is 18.7 Å². The highest BCUT2D eigenvalue weighted by Gasteiger charge is 2.38. The van der Waals surface area contributed by atoms with E-state index in [-0.39, 0.29) is 25.1 Å². The maximum atomic E-state index is 14.3. The number of halogens is 1. The Hall–Kier alpha value is -2.56. The summed E-state index contributed by atoms with van der Waals surface area (Å²) in [5, 5.41) is 6.85. The minimum Gasteiger partial charge on any atom is -0.464 e.